The summed E-state index contributed by atoms with van der Waals surface area (Å²) in [6.45, 7) is 13.3. The van der Waals surface area contributed by atoms with Crippen LogP contribution in [-0.2, 0) is 30.3 Å². The van der Waals surface area contributed by atoms with Crippen LogP contribution >= 0.6 is 0 Å². The van der Waals surface area contributed by atoms with Crippen molar-refractivity contribution >= 4 is 23.9 Å². The van der Waals surface area contributed by atoms with Crippen molar-refractivity contribution < 1.29 is 28.7 Å². The van der Waals surface area contributed by atoms with E-state index in [1.807, 2.05) is 45.0 Å². The molecule has 1 aromatic rings. The Hall–Kier alpha value is -3.10. The number of nitrogens with one attached hydrogen (secondary N) is 2. The lowest BCUT2D eigenvalue weighted by Crippen LogP contribution is -2.56. The number of hydrogen-bond acceptors (Lipinski definition) is 6. The quantitative estimate of drug-likeness (QED) is 0.367. The molecule has 1 fully saturated rings. The van der Waals surface area contributed by atoms with Crippen LogP contribution < -0.4 is 10.6 Å². The van der Waals surface area contributed by atoms with Crippen molar-refractivity contribution in [3.8, 4) is 0 Å². The Morgan fingerprint density at radius 2 is 1.68 bits per heavy atom. The van der Waals surface area contributed by atoms with Gasteiger partial charge in [0.15, 0.2) is 0 Å². The molecule has 2 N–H and O–H groups in total. The maximum Gasteiger partial charge on any atom is 0.408 e. The first kappa shape index (κ1) is 31.1. The third-order valence-corrected chi connectivity index (χ3v) is 6.51. The largest absolute Gasteiger partial charge is 0.466 e. The Bertz CT molecular complexity index is 952. The molecule has 0 bridgehead atoms. The highest BCUT2D eigenvalue weighted by atomic mass is 16.6. The third kappa shape index (κ3) is 9.33. The van der Waals surface area contributed by atoms with Crippen LogP contribution in [0.1, 0.15) is 91.3 Å². The highest BCUT2D eigenvalue weighted by molar-refractivity contribution is 5.93. The maximum absolute atomic E-state index is 14.1. The van der Waals surface area contributed by atoms with Gasteiger partial charge in [-0.25, -0.2) is 4.79 Å². The predicted molar refractivity (Wildman–Crippen MR) is 145 cm³/mol. The van der Waals surface area contributed by atoms with Crippen molar-refractivity contribution in [2.45, 2.75) is 104 Å². The summed E-state index contributed by atoms with van der Waals surface area (Å²) in [5, 5.41) is 5.60. The molecule has 0 saturated heterocycles. The molecule has 0 spiro atoms. The van der Waals surface area contributed by atoms with E-state index in [0.717, 1.165) is 24.8 Å². The number of carbonyl (C=O) groups is 4. The van der Waals surface area contributed by atoms with E-state index in [1.54, 1.807) is 32.6 Å². The van der Waals surface area contributed by atoms with Gasteiger partial charge in [0.05, 0.1) is 13.0 Å². The summed E-state index contributed by atoms with van der Waals surface area (Å²) in [5.74, 6) is -1.28. The van der Waals surface area contributed by atoms with Gasteiger partial charge in [0, 0.05) is 12.6 Å². The van der Waals surface area contributed by atoms with Crippen LogP contribution in [0.5, 0.6) is 0 Å². The number of aryl methyl sites for hydroxylation is 1. The zero-order valence-corrected chi connectivity index (χ0v) is 24.0. The summed E-state index contributed by atoms with van der Waals surface area (Å²) in [7, 11) is 0. The summed E-state index contributed by atoms with van der Waals surface area (Å²) in [6, 6.07) is 5.76. The SMILES string of the molecule is CCOC(=O)CCNC(=O)C(c1ccc(CC)cc1)N(C(=O)C(NC(=O)OC(C)(C)C)C(C)CC)C1CC1. The number of hydrogen-bond donors (Lipinski definition) is 2. The minimum absolute atomic E-state index is 0.0359. The molecule has 3 atom stereocenters. The minimum Gasteiger partial charge on any atom is -0.466 e. The van der Waals surface area contributed by atoms with E-state index in [0.29, 0.717) is 12.0 Å². The number of alkyl carbamates (subject to hydrolysis) is 1. The van der Waals surface area contributed by atoms with E-state index in [1.165, 1.54) is 0 Å². The fraction of sp³-hybridized carbons (Fsp3) is 0.655. The molecular formula is C29H45N3O6. The van der Waals surface area contributed by atoms with Crippen LogP contribution in [0.2, 0.25) is 0 Å². The van der Waals surface area contributed by atoms with Crippen LogP contribution in [0.3, 0.4) is 0 Å². The molecule has 3 unspecified atom stereocenters. The summed E-state index contributed by atoms with van der Waals surface area (Å²) in [4.78, 5) is 53.9. The van der Waals surface area contributed by atoms with E-state index in [9.17, 15) is 19.2 Å². The zero-order valence-electron chi connectivity index (χ0n) is 24.0. The van der Waals surface area contributed by atoms with Gasteiger partial charge in [-0.15, -0.1) is 0 Å². The second kappa shape index (κ2) is 14.2. The highest BCUT2D eigenvalue weighted by Gasteiger charge is 2.45. The smallest absolute Gasteiger partial charge is 0.408 e. The number of benzene rings is 1. The molecule has 212 valence electrons. The molecule has 38 heavy (non-hydrogen) atoms. The lowest BCUT2D eigenvalue weighted by molar-refractivity contribution is -0.145. The van der Waals surface area contributed by atoms with Crippen molar-refractivity contribution in [2.75, 3.05) is 13.2 Å². The van der Waals surface area contributed by atoms with Gasteiger partial charge in [0.2, 0.25) is 11.8 Å². The molecule has 9 nitrogen and oxygen atoms in total. The van der Waals surface area contributed by atoms with Gasteiger partial charge in [0.25, 0.3) is 0 Å². The van der Waals surface area contributed by atoms with Crippen molar-refractivity contribution in [3.05, 3.63) is 35.4 Å². The lowest BCUT2D eigenvalue weighted by atomic mass is 9.95. The number of nitrogens with zero attached hydrogens (tertiary/aromatic N) is 1. The second-order valence-electron chi connectivity index (χ2n) is 10.8. The fourth-order valence-corrected chi connectivity index (χ4v) is 4.14. The molecule has 1 saturated carbocycles. The molecular weight excluding hydrogens is 486 g/mol. The van der Waals surface area contributed by atoms with Crippen LogP contribution in [-0.4, -0.2) is 59.6 Å². The monoisotopic (exact) mass is 531 g/mol. The molecule has 3 amide bonds. The van der Waals surface area contributed by atoms with Crippen molar-refractivity contribution in [1.82, 2.24) is 15.5 Å². The van der Waals surface area contributed by atoms with Gasteiger partial charge >= 0.3 is 12.1 Å². The van der Waals surface area contributed by atoms with E-state index >= 15 is 0 Å². The summed E-state index contributed by atoms with van der Waals surface area (Å²) < 4.78 is 10.4. The van der Waals surface area contributed by atoms with Gasteiger partial charge in [-0.2, -0.15) is 0 Å². The molecule has 0 heterocycles. The number of ether oxygens (including phenoxy) is 2. The Morgan fingerprint density at radius 3 is 2.18 bits per heavy atom. The molecule has 0 aliphatic heterocycles. The first-order valence-electron chi connectivity index (χ1n) is 13.8. The third-order valence-electron chi connectivity index (χ3n) is 6.51. The molecule has 1 aliphatic carbocycles. The minimum atomic E-state index is -0.907. The second-order valence-corrected chi connectivity index (χ2v) is 10.8. The lowest BCUT2D eigenvalue weighted by Gasteiger charge is -2.36. The van der Waals surface area contributed by atoms with Gasteiger partial charge in [0.1, 0.15) is 17.7 Å². The average molecular weight is 532 g/mol. The van der Waals surface area contributed by atoms with Gasteiger partial charge in [-0.1, -0.05) is 51.5 Å². The van der Waals surface area contributed by atoms with Gasteiger partial charge < -0.3 is 25.0 Å². The molecule has 2 rings (SSSR count). The van der Waals surface area contributed by atoms with Crippen molar-refractivity contribution in [2.24, 2.45) is 5.92 Å². The molecule has 1 aliphatic rings. The maximum atomic E-state index is 14.1. The fourth-order valence-electron chi connectivity index (χ4n) is 4.14. The van der Waals surface area contributed by atoms with Crippen LogP contribution in [0.15, 0.2) is 24.3 Å². The van der Waals surface area contributed by atoms with Crippen LogP contribution in [0.25, 0.3) is 0 Å². The number of esters is 1. The first-order chi connectivity index (χ1) is 17.9. The van der Waals surface area contributed by atoms with Gasteiger partial charge in [-0.3, -0.25) is 14.4 Å². The number of rotatable bonds is 13. The van der Waals surface area contributed by atoms with E-state index < -0.39 is 29.7 Å². The van der Waals surface area contributed by atoms with E-state index in [4.69, 9.17) is 9.47 Å². The Balaban J connectivity index is 2.40. The van der Waals surface area contributed by atoms with Crippen LogP contribution in [0.4, 0.5) is 4.79 Å². The molecule has 9 heteroatoms. The molecule has 1 aromatic carbocycles. The Kier molecular flexibility index (Phi) is 11.6. The summed E-state index contributed by atoms with van der Waals surface area (Å²) in [5.41, 5.74) is 1.07. The summed E-state index contributed by atoms with van der Waals surface area (Å²) in [6.07, 6.45) is 2.39. The van der Waals surface area contributed by atoms with E-state index in [2.05, 4.69) is 10.6 Å². The number of amides is 3. The normalized spacial score (nSPS) is 15.6. The predicted octanol–water partition coefficient (Wildman–Crippen LogP) is 4.29. The Labute approximate surface area is 227 Å². The highest BCUT2D eigenvalue weighted by Crippen LogP contribution is 2.36. The van der Waals surface area contributed by atoms with Crippen molar-refractivity contribution in [1.29, 1.82) is 0 Å². The van der Waals surface area contributed by atoms with Gasteiger partial charge in [-0.05, 0) is 64.0 Å². The van der Waals surface area contributed by atoms with E-state index in [-0.39, 0.29) is 43.3 Å². The number of carbonyl (C=O) groups excluding carboxylic acids is 4. The molecule has 0 radical (unpaired) electrons. The standard InChI is InChI=1S/C29H45N3O6/c1-8-19(4)24(31-28(36)38-29(5,6)7)27(35)32(22-15-16-22)25(21-13-11-20(9-2)12-14-21)26(34)30-18-17-23(33)37-10-3/h11-14,19,22,24-25H,8-10,15-18H2,1-7H3,(H,30,34)(H,31,36). The van der Waals surface area contributed by atoms with Crippen LogP contribution in [0, 0.1) is 5.92 Å². The first-order valence-corrected chi connectivity index (χ1v) is 13.8. The average Bonchev–Trinajstić information content (AvgIpc) is 3.69. The van der Waals surface area contributed by atoms with Crippen molar-refractivity contribution in [3.63, 3.8) is 0 Å². The Morgan fingerprint density at radius 1 is 1.05 bits per heavy atom. The molecule has 0 aromatic heterocycles. The topological polar surface area (TPSA) is 114 Å². The summed E-state index contributed by atoms with van der Waals surface area (Å²) >= 11 is 0. The zero-order chi connectivity index (χ0) is 28.5.